The Kier molecular flexibility index (Phi) is 6.49. The number of hydrogen-bond donors (Lipinski definition) is 2. The van der Waals surface area contributed by atoms with E-state index in [1.165, 1.54) is 28.8 Å². The van der Waals surface area contributed by atoms with Gasteiger partial charge in [-0.3, -0.25) is 30.1 Å². The Hall–Kier alpha value is -3.07. The van der Waals surface area contributed by atoms with Crippen LogP contribution >= 0.6 is 11.8 Å². The Bertz CT molecular complexity index is 876. The van der Waals surface area contributed by atoms with Crippen LogP contribution in [0, 0.1) is 5.82 Å². The first-order valence-corrected chi connectivity index (χ1v) is 9.50. The summed E-state index contributed by atoms with van der Waals surface area (Å²) in [6.07, 6.45) is 0.168. The molecule has 3 amide bonds. The fourth-order valence-corrected chi connectivity index (χ4v) is 3.36. The number of nitrogens with one attached hydrogen (secondary N) is 2. The van der Waals surface area contributed by atoms with Crippen molar-refractivity contribution in [2.24, 2.45) is 0 Å². The number of fused-ring (bicyclic) bond motifs is 1. The second kappa shape index (κ2) is 9.23. The predicted octanol–water partition coefficient (Wildman–Crippen LogP) is 1.88. The third kappa shape index (κ3) is 5.23. The predicted molar refractivity (Wildman–Crippen MR) is 102 cm³/mol. The topological polar surface area (TPSA) is 87.7 Å². The Morgan fingerprint density at radius 2 is 1.79 bits per heavy atom. The van der Waals surface area contributed by atoms with Crippen LogP contribution in [0.4, 0.5) is 10.1 Å². The Balaban J connectivity index is 1.42. The monoisotopic (exact) mass is 403 g/mol. The molecule has 0 bridgehead atoms. The summed E-state index contributed by atoms with van der Waals surface area (Å²) >= 11 is 1.41. The van der Waals surface area contributed by atoms with E-state index in [0.29, 0.717) is 17.2 Å². The zero-order valence-electron chi connectivity index (χ0n) is 14.8. The summed E-state index contributed by atoms with van der Waals surface area (Å²) in [6, 6.07) is 12.9. The van der Waals surface area contributed by atoms with E-state index in [4.69, 9.17) is 4.74 Å². The Labute approximate surface area is 165 Å². The summed E-state index contributed by atoms with van der Waals surface area (Å²) in [5, 5.41) is 0. The number of hydrazine groups is 1. The van der Waals surface area contributed by atoms with Crippen molar-refractivity contribution in [1.29, 1.82) is 0 Å². The van der Waals surface area contributed by atoms with E-state index in [-0.39, 0.29) is 37.2 Å². The van der Waals surface area contributed by atoms with Gasteiger partial charge in [0, 0.05) is 17.1 Å². The van der Waals surface area contributed by atoms with Crippen LogP contribution in [-0.2, 0) is 14.4 Å². The molecule has 1 aliphatic heterocycles. The van der Waals surface area contributed by atoms with Crippen molar-refractivity contribution in [3.8, 4) is 5.75 Å². The number of anilines is 1. The van der Waals surface area contributed by atoms with Gasteiger partial charge >= 0.3 is 0 Å². The summed E-state index contributed by atoms with van der Waals surface area (Å²) in [4.78, 5) is 38.1. The lowest BCUT2D eigenvalue weighted by atomic mass is 10.2. The molecular formula is C19H18FN3O4S. The van der Waals surface area contributed by atoms with Crippen molar-refractivity contribution in [3.05, 3.63) is 54.3 Å². The van der Waals surface area contributed by atoms with Gasteiger partial charge in [0.05, 0.1) is 5.69 Å². The highest BCUT2D eigenvalue weighted by molar-refractivity contribution is 7.99. The van der Waals surface area contributed by atoms with Crippen LogP contribution in [-0.4, -0.2) is 36.6 Å². The molecule has 0 radical (unpaired) electrons. The van der Waals surface area contributed by atoms with E-state index in [9.17, 15) is 18.8 Å². The van der Waals surface area contributed by atoms with Crippen LogP contribution in [0.25, 0.3) is 0 Å². The quantitative estimate of drug-likeness (QED) is 0.568. The Morgan fingerprint density at radius 1 is 1.07 bits per heavy atom. The van der Waals surface area contributed by atoms with Crippen LogP contribution in [0.5, 0.6) is 5.75 Å². The SMILES string of the molecule is O=C(CCSc1ccc(F)cc1)NNC(=O)CN1C(=O)COc2ccccc21. The minimum absolute atomic E-state index is 0.142. The van der Waals surface area contributed by atoms with Gasteiger partial charge in [-0.15, -0.1) is 11.8 Å². The van der Waals surface area contributed by atoms with Gasteiger partial charge in [-0.2, -0.15) is 0 Å². The molecule has 9 heteroatoms. The summed E-state index contributed by atoms with van der Waals surface area (Å²) in [7, 11) is 0. The third-order valence-electron chi connectivity index (χ3n) is 3.86. The molecule has 3 rings (SSSR count). The number of thioether (sulfide) groups is 1. The zero-order valence-corrected chi connectivity index (χ0v) is 15.6. The highest BCUT2D eigenvalue weighted by atomic mass is 32.2. The highest BCUT2D eigenvalue weighted by Crippen LogP contribution is 2.31. The minimum atomic E-state index is -0.524. The number of hydrogen-bond acceptors (Lipinski definition) is 5. The van der Waals surface area contributed by atoms with Crippen LogP contribution in [0.2, 0.25) is 0 Å². The molecule has 0 aliphatic carbocycles. The van der Waals surface area contributed by atoms with Crippen LogP contribution in [0.3, 0.4) is 0 Å². The number of para-hydroxylation sites is 2. The van der Waals surface area contributed by atoms with E-state index < -0.39 is 5.91 Å². The number of halogens is 1. The molecule has 0 atom stereocenters. The van der Waals surface area contributed by atoms with Gasteiger partial charge in [-0.05, 0) is 36.4 Å². The molecular weight excluding hydrogens is 385 g/mol. The molecule has 0 fully saturated rings. The van der Waals surface area contributed by atoms with E-state index in [1.807, 2.05) is 0 Å². The van der Waals surface area contributed by atoms with E-state index in [1.54, 1.807) is 36.4 Å². The lowest BCUT2D eigenvalue weighted by Gasteiger charge is -2.28. The second-order valence-corrected chi connectivity index (χ2v) is 7.05. The normalized spacial score (nSPS) is 12.8. The van der Waals surface area contributed by atoms with Crippen molar-refractivity contribution in [1.82, 2.24) is 10.9 Å². The summed E-state index contributed by atoms with van der Waals surface area (Å²) in [5.41, 5.74) is 5.14. The van der Waals surface area contributed by atoms with Gasteiger partial charge in [0.15, 0.2) is 6.61 Å². The zero-order chi connectivity index (χ0) is 19.9. The maximum Gasteiger partial charge on any atom is 0.265 e. The number of carbonyl (C=O) groups is 3. The van der Waals surface area contributed by atoms with Gasteiger partial charge in [0.2, 0.25) is 5.91 Å². The van der Waals surface area contributed by atoms with Crippen molar-refractivity contribution < 1.29 is 23.5 Å². The summed E-state index contributed by atoms with van der Waals surface area (Å²) in [6.45, 7) is -0.374. The first-order valence-electron chi connectivity index (χ1n) is 8.51. The maximum atomic E-state index is 12.8. The number of amides is 3. The molecule has 0 spiro atoms. The minimum Gasteiger partial charge on any atom is -0.482 e. The molecule has 2 N–H and O–H groups in total. The molecule has 0 saturated heterocycles. The first-order chi connectivity index (χ1) is 13.5. The molecule has 2 aromatic carbocycles. The summed E-state index contributed by atoms with van der Waals surface area (Å²) < 4.78 is 18.2. The molecule has 146 valence electrons. The Morgan fingerprint density at radius 3 is 2.57 bits per heavy atom. The van der Waals surface area contributed by atoms with Crippen molar-refractivity contribution >= 4 is 35.2 Å². The molecule has 0 saturated carbocycles. The van der Waals surface area contributed by atoms with Crippen LogP contribution < -0.4 is 20.5 Å². The van der Waals surface area contributed by atoms with E-state index in [0.717, 1.165) is 4.90 Å². The molecule has 1 aliphatic rings. The molecule has 2 aromatic rings. The largest absolute Gasteiger partial charge is 0.482 e. The first kappa shape index (κ1) is 19.7. The van der Waals surface area contributed by atoms with Gasteiger partial charge in [0.25, 0.3) is 11.8 Å². The van der Waals surface area contributed by atoms with Crippen LogP contribution in [0.1, 0.15) is 6.42 Å². The van der Waals surface area contributed by atoms with Crippen molar-refractivity contribution in [2.75, 3.05) is 23.8 Å². The number of nitrogens with zero attached hydrogens (tertiary/aromatic N) is 1. The molecule has 0 unspecified atom stereocenters. The van der Waals surface area contributed by atoms with Crippen LogP contribution in [0.15, 0.2) is 53.4 Å². The standard InChI is InChI=1S/C19H18FN3O4S/c20-13-5-7-14(8-6-13)28-10-9-17(24)21-22-18(25)11-23-15-3-1-2-4-16(15)27-12-19(23)26/h1-8H,9-12H2,(H,21,24)(H,22,25). The number of benzene rings is 2. The fourth-order valence-electron chi connectivity index (χ4n) is 2.50. The second-order valence-electron chi connectivity index (χ2n) is 5.89. The fraction of sp³-hybridized carbons (Fsp3) is 0.211. The van der Waals surface area contributed by atoms with Gasteiger partial charge < -0.3 is 4.74 Å². The molecule has 0 aromatic heterocycles. The van der Waals surface area contributed by atoms with Gasteiger partial charge in [0.1, 0.15) is 18.1 Å². The number of ether oxygens (including phenoxy) is 1. The van der Waals surface area contributed by atoms with Gasteiger partial charge in [-0.25, -0.2) is 4.39 Å². The summed E-state index contributed by atoms with van der Waals surface area (Å²) in [5.74, 6) is -0.539. The smallest absolute Gasteiger partial charge is 0.265 e. The maximum absolute atomic E-state index is 12.8. The van der Waals surface area contributed by atoms with Gasteiger partial charge in [-0.1, -0.05) is 12.1 Å². The van der Waals surface area contributed by atoms with Crippen molar-refractivity contribution in [2.45, 2.75) is 11.3 Å². The molecule has 1 heterocycles. The molecule has 7 nitrogen and oxygen atoms in total. The lowest BCUT2D eigenvalue weighted by molar-refractivity contribution is -0.129. The lowest BCUT2D eigenvalue weighted by Crippen LogP contribution is -2.49. The third-order valence-corrected chi connectivity index (χ3v) is 4.88. The number of carbonyl (C=O) groups excluding carboxylic acids is 3. The molecule has 28 heavy (non-hydrogen) atoms. The van der Waals surface area contributed by atoms with E-state index in [2.05, 4.69) is 10.9 Å². The van der Waals surface area contributed by atoms with E-state index >= 15 is 0 Å². The van der Waals surface area contributed by atoms with Crippen molar-refractivity contribution in [3.63, 3.8) is 0 Å². The average Bonchev–Trinajstić information content (AvgIpc) is 2.70. The highest BCUT2D eigenvalue weighted by Gasteiger charge is 2.26. The average molecular weight is 403 g/mol. The number of rotatable bonds is 6.